The fourth-order valence-electron chi connectivity index (χ4n) is 2.12. The molecule has 1 saturated heterocycles. The zero-order chi connectivity index (χ0) is 15.4. The number of nitrogens with one attached hydrogen (secondary N) is 3. The molecule has 0 saturated carbocycles. The number of halogens is 1. The number of aliphatic hydroxyl groups excluding tert-OH is 1. The van der Waals surface area contributed by atoms with Gasteiger partial charge in [-0.25, -0.2) is 9.18 Å². The largest absolute Gasteiger partial charge is 0.391 e. The van der Waals surface area contributed by atoms with Gasteiger partial charge in [-0.05, 0) is 31.2 Å². The summed E-state index contributed by atoms with van der Waals surface area (Å²) in [4.78, 5) is 22.9. The molecular formula is C13H17FN4O3. The van der Waals surface area contributed by atoms with Crippen molar-refractivity contribution >= 4 is 17.6 Å². The number of amides is 3. The summed E-state index contributed by atoms with van der Waals surface area (Å²) in [6, 6.07) is 2.57. The van der Waals surface area contributed by atoms with E-state index in [1.165, 1.54) is 6.07 Å². The molecule has 21 heavy (non-hydrogen) atoms. The maximum atomic E-state index is 13.3. The van der Waals surface area contributed by atoms with E-state index in [0.717, 1.165) is 12.1 Å². The van der Waals surface area contributed by atoms with E-state index < -0.39 is 29.9 Å². The Morgan fingerprint density at radius 1 is 1.43 bits per heavy atom. The van der Waals surface area contributed by atoms with Crippen molar-refractivity contribution in [2.75, 3.05) is 18.4 Å². The minimum Gasteiger partial charge on any atom is -0.391 e. The van der Waals surface area contributed by atoms with Gasteiger partial charge < -0.3 is 26.8 Å². The molecule has 2 rings (SSSR count). The maximum absolute atomic E-state index is 13.3. The molecular weight excluding hydrogens is 279 g/mol. The van der Waals surface area contributed by atoms with Gasteiger partial charge in [0.15, 0.2) is 0 Å². The number of benzene rings is 1. The van der Waals surface area contributed by atoms with Gasteiger partial charge in [0.2, 0.25) is 0 Å². The monoisotopic (exact) mass is 296 g/mol. The number of piperidine rings is 1. The molecule has 1 aliphatic heterocycles. The van der Waals surface area contributed by atoms with Crippen LogP contribution in [0, 0.1) is 5.82 Å². The number of carbonyl (C=O) groups excluding carboxylic acids is 2. The summed E-state index contributed by atoms with van der Waals surface area (Å²) in [5.41, 5.74) is 4.97. The zero-order valence-electron chi connectivity index (χ0n) is 11.2. The molecule has 1 fully saturated rings. The molecule has 1 heterocycles. The van der Waals surface area contributed by atoms with Crippen molar-refractivity contribution in [3.8, 4) is 0 Å². The average molecular weight is 296 g/mol. The van der Waals surface area contributed by atoms with Crippen molar-refractivity contribution in [3.05, 3.63) is 29.6 Å². The van der Waals surface area contributed by atoms with Crippen LogP contribution in [0.4, 0.5) is 14.9 Å². The maximum Gasteiger partial charge on any atom is 0.319 e. The fraction of sp³-hybridized carbons (Fsp3) is 0.385. The first-order valence-corrected chi connectivity index (χ1v) is 6.53. The van der Waals surface area contributed by atoms with Crippen molar-refractivity contribution in [1.29, 1.82) is 0 Å². The van der Waals surface area contributed by atoms with Crippen LogP contribution in [0.5, 0.6) is 0 Å². The van der Waals surface area contributed by atoms with E-state index in [4.69, 9.17) is 5.73 Å². The number of rotatable bonds is 3. The smallest absolute Gasteiger partial charge is 0.319 e. The summed E-state index contributed by atoms with van der Waals surface area (Å²) in [6.45, 7) is 1.16. The Morgan fingerprint density at radius 3 is 2.86 bits per heavy atom. The third-order valence-electron chi connectivity index (χ3n) is 3.25. The third-order valence-corrected chi connectivity index (χ3v) is 3.25. The van der Waals surface area contributed by atoms with Crippen LogP contribution in [-0.2, 0) is 0 Å². The number of carbonyl (C=O) groups is 2. The molecule has 6 N–H and O–H groups in total. The molecule has 8 heteroatoms. The van der Waals surface area contributed by atoms with Crippen LogP contribution in [-0.4, -0.2) is 42.3 Å². The molecule has 1 aromatic rings. The predicted molar refractivity (Wildman–Crippen MR) is 74.4 cm³/mol. The highest BCUT2D eigenvalue weighted by Gasteiger charge is 2.24. The number of urea groups is 1. The lowest BCUT2D eigenvalue weighted by atomic mass is 10.0. The first kappa shape index (κ1) is 15.2. The van der Waals surface area contributed by atoms with E-state index in [9.17, 15) is 19.1 Å². The Bertz CT molecular complexity index is 552. The Labute approximate surface area is 120 Å². The summed E-state index contributed by atoms with van der Waals surface area (Å²) >= 11 is 0. The van der Waals surface area contributed by atoms with E-state index in [0.29, 0.717) is 19.5 Å². The highest BCUT2D eigenvalue weighted by Crippen LogP contribution is 2.14. The SMILES string of the molecule is NC(=O)c1cc(NC(=O)N[C@@H]2CNCC[C@H]2O)ccc1F. The summed E-state index contributed by atoms with van der Waals surface area (Å²) in [6.07, 6.45) is -0.0701. The van der Waals surface area contributed by atoms with Crippen LogP contribution in [0.2, 0.25) is 0 Å². The molecule has 0 spiro atoms. The average Bonchev–Trinajstić information content (AvgIpc) is 2.43. The molecule has 1 aromatic carbocycles. The van der Waals surface area contributed by atoms with Crippen LogP contribution >= 0.6 is 0 Å². The van der Waals surface area contributed by atoms with Crippen LogP contribution < -0.4 is 21.7 Å². The van der Waals surface area contributed by atoms with Crippen LogP contribution in [0.25, 0.3) is 0 Å². The van der Waals surface area contributed by atoms with Crippen LogP contribution in [0.3, 0.4) is 0 Å². The Morgan fingerprint density at radius 2 is 2.19 bits per heavy atom. The van der Waals surface area contributed by atoms with Gasteiger partial charge in [0, 0.05) is 12.2 Å². The molecule has 0 aromatic heterocycles. The van der Waals surface area contributed by atoms with E-state index in [2.05, 4.69) is 16.0 Å². The zero-order valence-corrected chi connectivity index (χ0v) is 11.2. The van der Waals surface area contributed by atoms with Crippen molar-refractivity contribution in [3.63, 3.8) is 0 Å². The lowest BCUT2D eigenvalue weighted by Gasteiger charge is -2.29. The third kappa shape index (κ3) is 3.89. The lowest BCUT2D eigenvalue weighted by molar-refractivity contribution is 0.0996. The molecule has 3 amide bonds. The van der Waals surface area contributed by atoms with Crippen molar-refractivity contribution in [2.24, 2.45) is 5.73 Å². The Kier molecular flexibility index (Phi) is 4.71. The molecule has 0 aliphatic carbocycles. The topological polar surface area (TPSA) is 116 Å². The second kappa shape index (κ2) is 6.51. The van der Waals surface area contributed by atoms with Gasteiger partial charge in [0.1, 0.15) is 5.82 Å². The van der Waals surface area contributed by atoms with Gasteiger partial charge in [-0.3, -0.25) is 4.79 Å². The molecule has 0 radical (unpaired) electrons. The Hall–Kier alpha value is -2.19. The molecule has 114 valence electrons. The second-order valence-electron chi connectivity index (χ2n) is 4.82. The molecule has 7 nitrogen and oxygen atoms in total. The quantitative estimate of drug-likeness (QED) is 0.529. The van der Waals surface area contributed by atoms with Gasteiger partial charge in [0.25, 0.3) is 5.91 Å². The van der Waals surface area contributed by atoms with Gasteiger partial charge in [-0.2, -0.15) is 0 Å². The minimum atomic E-state index is -0.913. The van der Waals surface area contributed by atoms with Crippen molar-refractivity contribution in [2.45, 2.75) is 18.6 Å². The minimum absolute atomic E-state index is 0.237. The number of primary amides is 1. The van der Waals surface area contributed by atoms with Gasteiger partial charge in [0.05, 0.1) is 17.7 Å². The summed E-state index contributed by atoms with van der Waals surface area (Å²) in [5, 5.41) is 17.9. The predicted octanol–water partition coefficient (Wildman–Crippen LogP) is -0.231. The van der Waals surface area contributed by atoms with E-state index in [1.807, 2.05) is 0 Å². The Balaban J connectivity index is 1.99. The number of hydrogen-bond donors (Lipinski definition) is 5. The first-order chi connectivity index (χ1) is 9.97. The number of anilines is 1. The number of aliphatic hydroxyl groups is 1. The number of nitrogens with two attached hydrogens (primary N) is 1. The van der Waals surface area contributed by atoms with Crippen LogP contribution in [0.1, 0.15) is 16.8 Å². The normalized spacial score (nSPS) is 21.6. The molecule has 1 aliphatic rings. The van der Waals surface area contributed by atoms with Gasteiger partial charge in [-0.15, -0.1) is 0 Å². The molecule has 0 unspecified atom stereocenters. The first-order valence-electron chi connectivity index (χ1n) is 6.53. The second-order valence-corrected chi connectivity index (χ2v) is 4.82. The van der Waals surface area contributed by atoms with E-state index in [1.54, 1.807) is 0 Å². The number of hydrogen-bond acceptors (Lipinski definition) is 4. The van der Waals surface area contributed by atoms with E-state index >= 15 is 0 Å². The molecule has 0 bridgehead atoms. The van der Waals surface area contributed by atoms with Crippen molar-refractivity contribution < 1.29 is 19.1 Å². The van der Waals surface area contributed by atoms with Gasteiger partial charge >= 0.3 is 6.03 Å². The molecule has 2 atom stereocenters. The fourth-order valence-corrected chi connectivity index (χ4v) is 2.12. The highest BCUT2D eigenvalue weighted by atomic mass is 19.1. The van der Waals surface area contributed by atoms with E-state index in [-0.39, 0.29) is 11.3 Å². The summed E-state index contributed by atoms with van der Waals surface area (Å²) in [5.74, 6) is -1.66. The standard InChI is InChI=1S/C13H17FN4O3/c14-9-2-1-7(5-8(9)12(15)20)17-13(21)18-10-6-16-4-3-11(10)19/h1-2,5,10-11,16,19H,3-4,6H2,(H2,15,20)(H2,17,18,21)/t10-,11-/m1/s1. The summed E-state index contributed by atoms with van der Waals surface area (Å²) in [7, 11) is 0. The van der Waals surface area contributed by atoms with Crippen LogP contribution in [0.15, 0.2) is 18.2 Å². The highest BCUT2D eigenvalue weighted by molar-refractivity contribution is 5.96. The summed E-state index contributed by atoms with van der Waals surface area (Å²) < 4.78 is 13.3. The van der Waals surface area contributed by atoms with Gasteiger partial charge in [-0.1, -0.05) is 0 Å². The lowest BCUT2D eigenvalue weighted by Crippen LogP contribution is -2.54. The van der Waals surface area contributed by atoms with Crippen molar-refractivity contribution in [1.82, 2.24) is 10.6 Å².